The first-order valence-electron chi connectivity index (χ1n) is 14.8. The van der Waals surface area contributed by atoms with Gasteiger partial charge >= 0.3 is 0 Å². The smallest absolute Gasteiger partial charge is 0.115 e. The summed E-state index contributed by atoms with van der Waals surface area (Å²) in [6, 6.07) is 24.1. The molecule has 200 valence electrons. The van der Waals surface area contributed by atoms with Crippen molar-refractivity contribution >= 4 is 12.4 Å². The third-order valence-corrected chi connectivity index (χ3v) is 9.43. The SMILES string of the molecule is C1=NC2(CC1)CCc1c(cccc1-c1ccccc1)C2.C1=NC2(CC1)CCc1c(cccc1-c1cncnc1)C2. The average Bonchev–Trinajstić information content (AvgIpc) is 3.67. The lowest BCUT2D eigenvalue weighted by atomic mass is 9.75. The molecule has 0 amide bonds. The van der Waals surface area contributed by atoms with E-state index < -0.39 is 0 Å². The number of hydrogen-bond acceptors (Lipinski definition) is 4. The molecule has 4 heteroatoms. The molecule has 1 aromatic heterocycles. The minimum absolute atomic E-state index is 0.193. The molecule has 8 rings (SSSR count). The number of fused-ring (bicyclic) bond motifs is 2. The second-order valence-corrected chi connectivity index (χ2v) is 11.9. The van der Waals surface area contributed by atoms with Gasteiger partial charge in [0.2, 0.25) is 0 Å². The summed E-state index contributed by atoms with van der Waals surface area (Å²) in [4.78, 5) is 17.9. The second kappa shape index (κ2) is 10.6. The molecule has 3 heterocycles. The van der Waals surface area contributed by atoms with Gasteiger partial charge in [0, 0.05) is 18.0 Å². The van der Waals surface area contributed by atoms with Gasteiger partial charge in [0.05, 0.1) is 11.1 Å². The van der Waals surface area contributed by atoms with E-state index in [-0.39, 0.29) is 11.1 Å². The van der Waals surface area contributed by atoms with E-state index in [1.807, 2.05) is 12.4 Å². The number of nitrogens with zero attached hydrogens (tertiary/aromatic N) is 4. The Kier molecular flexibility index (Phi) is 6.63. The van der Waals surface area contributed by atoms with E-state index in [1.54, 1.807) is 11.9 Å². The number of rotatable bonds is 2. The topological polar surface area (TPSA) is 50.5 Å². The number of aromatic nitrogens is 2. The Hall–Kier alpha value is -3.92. The quantitative estimate of drug-likeness (QED) is 0.270. The zero-order chi connectivity index (χ0) is 26.8. The van der Waals surface area contributed by atoms with Crippen LogP contribution in [0.1, 0.15) is 60.8 Å². The van der Waals surface area contributed by atoms with E-state index in [9.17, 15) is 0 Å². The Morgan fingerprint density at radius 2 is 1.07 bits per heavy atom. The molecule has 0 bridgehead atoms. The Bertz CT molecular complexity index is 1440. The van der Waals surface area contributed by atoms with Crippen LogP contribution in [0.3, 0.4) is 0 Å². The molecule has 4 nitrogen and oxygen atoms in total. The molecule has 0 N–H and O–H groups in total. The van der Waals surface area contributed by atoms with Crippen molar-refractivity contribution < 1.29 is 0 Å². The van der Waals surface area contributed by atoms with Crippen LogP contribution in [0.15, 0.2) is 95.4 Å². The van der Waals surface area contributed by atoms with Gasteiger partial charge in [-0.2, -0.15) is 0 Å². The van der Waals surface area contributed by atoms with Crippen LogP contribution in [0.4, 0.5) is 0 Å². The molecule has 0 radical (unpaired) electrons. The molecule has 4 aliphatic rings. The summed E-state index contributed by atoms with van der Waals surface area (Å²) < 4.78 is 0. The first kappa shape index (κ1) is 25.1. The highest BCUT2D eigenvalue weighted by Crippen LogP contribution is 2.41. The van der Waals surface area contributed by atoms with Gasteiger partial charge in [0.15, 0.2) is 0 Å². The summed E-state index contributed by atoms with van der Waals surface area (Å²) in [6.07, 6.45) is 21.2. The van der Waals surface area contributed by atoms with Crippen LogP contribution in [0.2, 0.25) is 0 Å². The Morgan fingerprint density at radius 1 is 0.525 bits per heavy atom. The van der Waals surface area contributed by atoms with Crippen molar-refractivity contribution in [1.29, 1.82) is 0 Å². The van der Waals surface area contributed by atoms with Crippen LogP contribution in [0.25, 0.3) is 22.3 Å². The second-order valence-electron chi connectivity index (χ2n) is 11.9. The zero-order valence-corrected chi connectivity index (χ0v) is 23.1. The van der Waals surface area contributed by atoms with E-state index in [1.165, 1.54) is 59.1 Å². The van der Waals surface area contributed by atoms with Crippen LogP contribution in [0, 0.1) is 0 Å². The van der Waals surface area contributed by atoms with Crippen LogP contribution in [-0.4, -0.2) is 33.5 Å². The molecule has 2 aliphatic heterocycles. The van der Waals surface area contributed by atoms with Crippen molar-refractivity contribution in [2.24, 2.45) is 9.98 Å². The number of benzene rings is 3. The van der Waals surface area contributed by atoms with Gasteiger partial charge in [0.1, 0.15) is 6.33 Å². The fourth-order valence-corrected chi connectivity index (χ4v) is 7.35. The Balaban J connectivity index is 0.000000132. The average molecular weight is 525 g/mol. The third-order valence-electron chi connectivity index (χ3n) is 9.43. The zero-order valence-electron chi connectivity index (χ0n) is 23.1. The lowest BCUT2D eigenvalue weighted by Gasteiger charge is -2.33. The molecule has 0 fully saturated rings. The highest BCUT2D eigenvalue weighted by Gasteiger charge is 2.37. The molecule has 2 unspecified atom stereocenters. The maximum Gasteiger partial charge on any atom is 0.115 e. The molecule has 3 aromatic carbocycles. The van der Waals surface area contributed by atoms with Crippen LogP contribution < -0.4 is 0 Å². The van der Waals surface area contributed by atoms with E-state index in [2.05, 4.69) is 89.1 Å². The minimum atomic E-state index is 0.193. The highest BCUT2D eigenvalue weighted by atomic mass is 14.9. The van der Waals surface area contributed by atoms with Gasteiger partial charge in [-0.25, -0.2) is 9.97 Å². The third kappa shape index (κ3) is 4.81. The largest absolute Gasteiger partial charge is 0.291 e. The summed E-state index contributed by atoms with van der Waals surface area (Å²) in [5.41, 5.74) is 11.6. The molecule has 0 saturated carbocycles. The number of hydrogen-bond donors (Lipinski definition) is 0. The van der Waals surface area contributed by atoms with Gasteiger partial charge in [-0.15, -0.1) is 0 Å². The van der Waals surface area contributed by atoms with Crippen LogP contribution in [-0.2, 0) is 25.7 Å². The predicted octanol–water partition coefficient (Wildman–Crippen LogP) is 7.68. The van der Waals surface area contributed by atoms with Crippen LogP contribution >= 0.6 is 0 Å². The summed E-state index contributed by atoms with van der Waals surface area (Å²) >= 11 is 0. The molecule has 40 heavy (non-hydrogen) atoms. The van der Waals surface area contributed by atoms with Gasteiger partial charge in [-0.3, -0.25) is 9.98 Å². The van der Waals surface area contributed by atoms with Crippen molar-refractivity contribution in [2.45, 2.75) is 75.3 Å². The highest BCUT2D eigenvalue weighted by molar-refractivity contribution is 5.70. The maximum atomic E-state index is 4.80. The van der Waals surface area contributed by atoms with Gasteiger partial charge in [0.25, 0.3) is 0 Å². The monoisotopic (exact) mass is 524 g/mol. The molecular formula is C36H36N4. The fraction of sp³-hybridized carbons (Fsp3) is 0.333. The van der Waals surface area contributed by atoms with E-state index >= 15 is 0 Å². The molecule has 2 atom stereocenters. The fourth-order valence-electron chi connectivity index (χ4n) is 7.35. The summed E-state index contributed by atoms with van der Waals surface area (Å²) in [5, 5.41) is 0. The Morgan fingerprint density at radius 3 is 1.60 bits per heavy atom. The van der Waals surface area contributed by atoms with Crippen molar-refractivity contribution in [1.82, 2.24) is 9.97 Å². The number of aliphatic imine (C=N–C) groups is 2. The van der Waals surface area contributed by atoms with Crippen molar-refractivity contribution in [3.8, 4) is 22.3 Å². The lowest BCUT2D eigenvalue weighted by molar-refractivity contribution is 0.375. The molecule has 2 spiro atoms. The van der Waals surface area contributed by atoms with Gasteiger partial charge in [-0.05, 0) is 116 Å². The summed E-state index contributed by atoms with van der Waals surface area (Å²) in [5.74, 6) is 0. The van der Waals surface area contributed by atoms with E-state index in [4.69, 9.17) is 9.98 Å². The molecule has 2 aliphatic carbocycles. The minimum Gasteiger partial charge on any atom is -0.291 e. The summed E-state index contributed by atoms with van der Waals surface area (Å²) in [6.45, 7) is 0. The first-order chi connectivity index (χ1) is 19.7. The predicted molar refractivity (Wildman–Crippen MR) is 164 cm³/mol. The normalized spacial score (nSPS) is 24.0. The Labute approximate surface area is 237 Å². The van der Waals surface area contributed by atoms with Crippen molar-refractivity contribution in [3.05, 3.63) is 108 Å². The van der Waals surface area contributed by atoms with E-state index in [0.717, 1.165) is 44.1 Å². The molecular weight excluding hydrogens is 488 g/mol. The van der Waals surface area contributed by atoms with Crippen LogP contribution in [0.5, 0.6) is 0 Å². The molecule has 0 saturated heterocycles. The van der Waals surface area contributed by atoms with Crippen molar-refractivity contribution in [2.75, 3.05) is 0 Å². The summed E-state index contributed by atoms with van der Waals surface area (Å²) in [7, 11) is 0. The first-order valence-corrected chi connectivity index (χ1v) is 14.8. The molecule has 4 aromatic rings. The maximum absolute atomic E-state index is 4.80. The van der Waals surface area contributed by atoms with E-state index in [0.29, 0.717) is 0 Å². The standard InChI is InChI=1S/C19H19N.C17H17N3/c1-2-6-15(7-3-1)17-9-4-8-16-14-19(11-5-13-20-19)12-10-18(16)17;1-3-13-9-17(6-2-8-20-17)7-5-16(13)15(4-1)14-10-18-12-19-11-14/h1-4,6-9,13H,5,10-12,14H2;1,3-4,8,10-12H,2,5-7,9H2. The lowest BCUT2D eigenvalue weighted by Crippen LogP contribution is -2.31. The van der Waals surface area contributed by atoms with Gasteiger partial charge in [-0.1, -0.05) is 66.7 Å². The van der Waals surface area contributed by atoms with Gasteiger partial charge < -0.3 is 0 Å². The van der Waals surface area contributed by atoms with Crippen molar-refractivity contribution in [3.63, 3.8) is 0 Å².